The lowest BCUT2D eigenvalue weighted by atomic mass is 10.0. The normalized spacial score (nSPS) is 30.3. The van der Waals surface area contributed by atoms with Crippen LogP contribution in [0.3, 0.4) is 0 Å². The average Bonchev–Trinajstić information content (AvgIpc) is 3.24. The van der Waals surface area contributed by atoms with Crippen LogP contribution in [0.5, 0.6) is 5.75 Å². The number of aliphatic hydroxyl groups is 1. The van der Waals surface area contributed by atoms with Crippen LogP contribution in [0.1, 0.15) is 48.0 Å². The van der Waals surface area contributed by atoms with Gasteiger partial charge in [0.2, 0.25) is 11.8 Å². The second-order valence-electron chi connectivity index (χ2n) is 8.48. The highest BCUT2D eigenvalue weighted by Gasteiger charge is 2.41. The van der Waals surface area contributed by atoms with Crippen LogP contribution < -0.4 is 10.1 Å². The van der Waals surface area contributed by atoms with Gasteiger partial charge in [-0.2, -0.15) is 0 Å². The number of aliphatic hydroxyl groups excluding tert-OH is 1. The second kappa shape index (κ2) is 7.11. The van der Waals surface area contributed by atoms with Crippen LogP contribution in [-0.4, -0.2) is 70.0 Å². The van der Waals surface area contributed by atoms with E-state index in [-0.39, 0.29) is 30.4 Å². The van der Waals surface area contributed by atoms with E-state index >= 15 is 0 Å². The summed E-state index contributed by atoms with van der Waals surface area (Å²) >= 11 is 0. The number of rotatable bonds is 4. The van der Waals surface area contributed by atoms with Gasteiger partial charge in [-0.05, 0) is 49.4 Å². The van der Waals surface area contributed by atoms with Gasteiger partial charge in [0.1, 0.15) is 17.9 Å². The molecular formula is C21H25N3O5. The fourth-order valence-corrected chi connectivity index (χ4v) is 5.02. The predicted molar refractivity (Wildman–Crippen MR) is 102 cm³/mol. The summed E-state index contributed by atoms with van der Waals surface area (Å²) in [5, 5.41) is 11.9. The van der Waals surface area contributed by atoms with Gasteiger partial charge in [-0.25, -0.2) is 0 Å². The number of fused-ring (bicyclic) bond motifs is 1. The molecule has 0 aromatic heterocycles. The summed E-state index contributed by atoms with van der Waals surface area (Å²) in [6, 6.07) is 5.23. The lowest BCUT2D eigenvalue weighted by Gasteiger charge is -2.42. The molecule has 154 valence electrons. The van der Waals surface area contributed by atoms with E-state index in [9.17, 15) is 19.5 Å². The molecule has 4 aliphatic rings. The molecule has 2 saturated heterocycles. The Morgan fingerprint density at radius 1 is 1.10 bits per heavy atom. The summed E-state index contributed by atoms with van der Waals surface area (Å²) < 4.78 is 6.28. The lowest BCUT2D eigenvalue weighted by molar-refractivity contribution is -0.136. The monoisotopic (exact) mass is 399 g/mol. The van der Waals surface area contributed by atoms with Crippen LogP contribution in [0.25, 0.3) is 0 Å². The maximum absolute atomic E-state index is 12.8. The Bertz CT molecular complexity index is 866. The highest BCUT2D eigenvalue weighted by atomic mass is 16.5. The first kappa shape index (κ1) is 18.6. The Labute approximate surface area is 168 Å². The topological polar surface area (TPSA) is 99.2 Å². The molecule has 3 aliphatic heterocycles. The van der Waals surface area contributed by atoms with Crippen molar-refractivity contribution in [2.45, 2.75) is 62.9 Å². The molecule has 1 aliphatic carbocycles. The molecule has 2 N–H and O–H groups in total. The third-order valence-corrected chi connectivity index (χ3v) is 6.56. The first-order valence-electron chi connectivity index (χ1n) is 10.4. The molecule has 1 saturated carbocycles. The SMILES string of the molecule is O=C1CCC(N2Cc3cc(O[C@@H]4CCC[C@H]4N4CC(O)C4)ccc3C2=O)C(=O)N1. The number of β-amino-alcohol motifs (C(OH)–C–C–N with tert-alkyl or cyclic N) is 1. The Hall–Kier alpha value is -2.45. The minimum atomic E-state index is -0.603. The molecule has 29 heavy (non-hydrogen) atoms. The minimum Gasteiger partial charge on any atom is -0.489 e. The Morgan fingerprint density at radius 2 is 1.93 bits per heavy atom. The van der Waals surface area contributed by atoms with E-state index in [1.165, 1.54) is 0 Å². The van der Waals surface area contributed by atoms with E-state index in [0.717, 1.165) is 30.6 Å². The number of likely N-dealkylation sites (tertiary alicyclic amines) is 1. The molecule has 1 aromatic carbocycles. The van der Waals surface area contributed by atoms with Crippen LogP contribution in [0.15, 0.2) is 18.2 Å². The van der Waals surface area contributed by atoms with Gasteiger partial charge in [0.15, 0.2) is 0 Å². The van der Waals surface area contributed by atoms with Gasteiger partial charge in [0.05, 0.1) is 6.10 Å². The van der Waals surface area contributed by atoms with Gasteiger partial charge in [0.25, 0.3) is 5.91 Å². The smallest absolute Gasteiger partial charge is 0.255 e. The number of imide groups is 1. The highest BCUT2D eigenvalue weighted by molar-refractivity contribution is 6.05. The largest absolute Gasteiger partial charge is 0.489 e. The number of carbonyl (C=O) groups excluding carboxylic acids is 3. The zero-order chi connectivity index (χ0) is 20.1. The number of nitrogens with one attached hydrogen (secondary N) is 1. The van der Waals surface area contributed by atoms with Gasteiger partial charge >= 0.3 is 0 Å². The second-order valence-corrected chi connectivity index (χ2v) is 8.48. The van der Waals surface area contributed by atoms with E-state index < -0.39 is 11.9 Å². The summed E-state index contributed by atoms with van der Waals surface area (Å²) in [6.07, 6.45) is 3.64. The average molecular weight is 399 g/mol. The molecule has 5 rings (SSSR count). The van der Waals surface area contributed by atoms with Crippen molar-refractivity contribution < 1.29 is 24.2 Å². The van der Waals surface area contributed by atoms with Crippen molar-refractivity contribution in [1.29, 1.82) is 0 Å². The van der Waals surface area contributed by atoms with Gasteiger partial charge in [-0.15, -0.1) is 0 Å². The molecule has 3 atom stereocenters. The van der Waals surface area contributed by atoms with Crippen molar-refractivity contribution in [3.8, 4) is 5.75 Å². The quantitative estimate of drug-likeness (QED) is 0.712. The van der Waals surface area contributed by atoms with Crippen molar-refractivity contribution in [2.75, 3.05) is 13.1 Å². The zero-order valence-corrected chi connectivity index (χ0v) is 16.2. The van der Waals surface area contributed by atoms with Gasteiger partial charge in [-0.3, -0.25) is 24.6 Å². The summed E-state index contributed by atoms with van der Waals surface area (Å²) in [7, 11) is 0. The molecular weight excluding hydrogens is 374 g/mol. The number of benzene rings is 1. The molecule has 8 nitrogen and oxygen atoms in total. The molecule has 0 bridgehead atoms. The number of amides is 3. The number of nitrogens with zero attached hydrogens (tertiary/aromatic N) is 2. The molecule has 3 amide bonds. The molecule has 1 aromatic rings. The minimum absolute atomic E-state index is 0.0869. The van der Waals surface area contributed by atoms with Crippen molar-refractivity contribution in [3.05, 3.63) is 29.3 Å². The zero-order valence-electron chi connectivity index (χ0n) is 16.2. The Kier molecular flexibility index (Phi) is 4.55. The summed E-state index contributed by atoms with van der Waals surface area (Å²) in [4.78, 5) is 40.2. The lowest BCUT2D eigenvalue weighted by Crippen LogP contribution is -2.58. The maximum Gasteiger partial charge on any atom is 0.255 e. The number of carbonyl (C=O) groups is 3. The summed E-state index contributed by atoms with van der Waals surface area (Å²) in [6.45, 7) is 1.78. The van der Waals surface area contributed by atoms with Crippen LogP contribution in [-0.2, 0) is 16.1 Å². The number of ether oxygens (including phenoxy) is 1. The predicted octanol–water partition coefficient (Wildman–Crippen LogP) is 0.424. The first-order chi connectivity index (χ1) is 14.0. The third kappa shape index (κ3) is 3.30. The Morgan fingerprint density at radius 3 is 2.69 bits per heavy atom. The van der Waals surface area contributed by atoms with E-state index in [4.69, 9.17) is 4.74 Å². The molecule has 0 radical (unpaired) electrons. The molecule has 8 heteroatoms. The van der Waals surface area contributed by atoms with E-state index in [1.807, 2.05) is 12.1 Å². The molecule has 3 fully saturated rings. The molecule has 3 heterocycles. The molecule has 0 spiro atoms. The third-order valence-electron chi connectivity index (χ3n) is 6.56. The standard InChI is InChI=1S/C21H25N3O5/c25-13-10-23(11-13)16-2-1-3-18(16)29-14-4-5-15-12(8-14)9-24(21(15)28)17-6-7-19(26)22-20(17)27/h4-5,8,13,16-18,25H,1-3,6-7,9-11H2,(H,22,26,27)/t16-,17?,18-/m1/s1. The fourth-order valence-electron chi connectivity index (χ4n) is 5.02. The van der Waals surface area contributed by atoms with Crippen molar-refractivity contribution in [2.24, 2.45) is 0 Å². The van der Waals surface area contributed by atoms with Gasteiger partial charge in [0, 0.05) is 37.7 Å². The van der Waals surface area contributed by atoms with Crippen molar-refractivity contribution >= 4 is 17.7 Å². The fraction of sp³-hybridized carbons (Fsp3) is 0.571. The van der Waals surface area contributed by atoms with E-state index in [0.29, 0.717) is 37.7 Å². The first-order valence-corrected chi connectivity index (χ1v) is 10.4. The molecule has 1 unspecified atom stereocenters. The maximum atomic E-state index is 12.8. The van der Waals surface area contributed by atoms with E-state index in [2.05, 4.69) is 10.2 Å². The van der Waals surface area contributed by atoms with E-state index in [1.54, 1.807) is 11.0 Å². The van der Waals surface area contributed by atoms with Crippen LogP contribution in [0.2, 0.25) is 0 Å². The number of hydrogen-bond acceptors (Lipinski definition) is 6. The van der Waals surface area contributed by atoms with Crippen molar-refractivity contribution in [3.63, 3.8) is 0 Å². The summed E-state index contributed by atoms with van der Waals surface area (Å²) in [5.74, 6) is -0.120. The number of hydrogen-bond donors (Lipinski definition) is 2. The number of piperidine rings is 1. The van der Waals surface area contributed by atoms with Gasteiger partial charge in [-0.1, -0.05) is 0 Å². The van der Waals surface area contributed by atoms with Crippen LogP contribution in [0, 0.1) is 0 Å². The van der Waals surface area contributed by atoms with Crippen molar-refractivity contribution in [1.82, 2.24) is 15.1 Å². The highest BCUT2D eigenvalue weighted by Crippen LogP contribution is 2.34. The van der Waals surface area contributed by atoms with Gasteiger partial charge < -0.3 is 14.7 Å². The Balaban J connectivity index is 1.29. The van der Waals surface area contributed by atoms with Crippen LogP contribution >= 0.6 is 0 Å². The van der Waals surface area contributed by atoms with Crippen LogP contribution in [0.4, 0.5) is 0 Å². The summed E-state index contributed by atoms with van der Waals surface area (Å²) in [5.41, 5.74) is 1.45.